The van der Waals surface area contributed by atoms with Gasteiger partial charge in [0.2, 0.25) is 15.9 Å². The normalized spacial score (nSPS) is 16.8. The molecule has 8 heteroatoms. The fourth-order valence-electron chi connectivity index (χ4n) is 3.02. The minimum atomic E-state index is -3.58. The molecule has 0 radical (unpaired) electrons. The van der Waals surface area contributed by atoms with E-state index in [1.165, 1.54) is 52.6 Å². The largest absolute Gasteiger partial charge is 0.495 e. The number of anilines is 1. The van der Waals surface area contributed by atoms with Crippen molar-refractivity contribution in [3.8, 4) is 5.75 Å². The van der Waals surface area contributed by atoms with Gasteiger partial charge in [-0.3, -0.25) is 9.69 Å². The number of carbonyl (C=O) groups excluding carboxylic acids is 1. The lowest BCUT2D eigenvalue weighted by Gasteiger charge is -2.24. The molecule has 1 heterocycles. The molecular formula is C18H29N3O4S. The molecule has 2 rings (SSSR count). The Morgan fingerprint density at radius 3 is 2.35 bits per heavy atom. The minimum absolute atomic E-state index is 0.116. The first-order chi connectivity index (χ1) is 12.3. The van der Waals surface area contributed by atoms with E-state index >= 15 is 0 Å². The van der Waals surface area contributed by atoms with Gasteiger partial charge in [0.1, 0.15) is 5.75 Å². The smallest absolute Gasteiger partial charge is 0.242 e. The second-order valence-corrected chi connectivity index (χ2v) is 8.89. The first-order valence-electron chi connectivity index (χ1n) is 8.97. The molecule has 0 spiro atoms. The van der Waals surface area contributed by atoms with Gasteiger partial charge < -0.3 is 10.1 Å². The Morgan fingerprint density at radius 1 is 1.15 bits per heavy atom. The zero-order chi connectivity index (χ0) is 19.2. The van der Waals surface area contributed by atoms with E-state index in [9.17, 15) is 13.2 Å². The van der Waals surface area contributed by atoms with Gasteiger partial charge in [-0.15, -0.1) is 0 Å². The van der Waals surface area contributed by atoms with E-state index in [1.807, 2.05) is 0 Å². The fourth-order valence-corrected chi connectivity index (χ4v) is 3.95. The van der Waals surface area contributed by atoms with Gasteiger partial charge in [0.25, 0.3) is 0 Å². The van der Waals surface area contributed by atoms with Gasteiger partial charge in [0.05, 0.1) is 24.2 Å². The quantitative estimate of drug-likeness (QED) is 0.814. The Bertz CT molecular complexity index is 711. The van der Waals surface area contributed by atoms with Gasteiger partial charge >= 0.3 is 0 Å². The Hall–Kier alpha value is -1.64. The predicted octanol–water partition coefficient (Wildman–Crippen LogP) is 2.15. The van der Waals surface area contributed by atoms with Crippen molar-refractivity contribution in [3.05, 3.63) is 18.2 Å². The molecule has 1 fully saturated rings. The van der Waals surface area contributed by atoms with E-state index < -0.39 is 10.0 Å². The van der Waals surface area contributed by atoms with Crippen molar-refractivity contribution >= 4 is 21.6 Å². The molecule has 1 aromatic carbocycles. The molecule has 26 heavy (non-hydrogen) atoms. The molecule has 0 aliphatic carbocycles. The van der Waals surface area contributed by atoms with Crippen molar-refractivity contribution in [2.75, 3.05) is 46.2 Å². The maximum atomic E-state index is 12.5. The number of hydrogen-bond acceptors (Lipinski definition) is 5. The Kier molecular flexibility index (Phi) is 7.43. The zero-order valence-electron chi connectivity index (χ0n) is 15.8. The van der Waals surface area contributed by atoms with Crippen molar-refractivity contribution in [1.29, 1.82) is 0 Å². The molecule has 0 bridgehead atoms. The molecule has 0 unspecified atom stereocenters. The molecule has 0 aromatic heterocycles. The number of sulfonamides is 1. The molecule has 1 aliphatic rings. The number of carbonyl (C=O) groups is 1. The van der Waals surface area contributed by atoms with Crippen molar-refractivity contribution < 1.29 is 17.9 Å². The van der Waals surface area contributed by atoms with Crippen LogP contribution in [0.4, 0.5) is 5.69 Å². The number of likely N-dealkylation sites (tertiary alicyclic amines) is 1. The predicted molar refractivity (Wildman–Crippen MR) is 102 cm³/mol. The molecule has 0 atom stereocenters. The molecule has 1 aromatic rings. The molecule has 1 N–H and O–H groups in total. The summed E-state index contributed by atoms with van der Waals surface area (Å²) in [6, 6.07) is 4.48. The summed E-state index contributed by atoms with van der Waals surface area (Å²) in [6.07, 6.45) is 5.89. The summed E-state index contributed by atoms with van der Waals surface area (Å²) < 4.78 is 31.0. The van der Waals surface area contributed by atoms with Crippen LogP contribution in [0.15, 0.2) is 23.1 Å². The minimum Gasteiger partial charge on any atom is -0.495 e. The second-order valence-electron chi connectivity index (χ2n) is 6.74. The van der Waals surface area contributed by atoms with E-state index in [1.54, 1.807) is 6.07 Å². The fraction of sp³-hybridized carbons (Fsp3) is 0.611. The van der Waals surface area contributed by atoms with Crippen LogP contribution >= 0.6 is 0 Å². The SMILES string of the molecule is COc1ccc(S(=O)(=O)N(C)C)cc1NC(=O)CN1CCCCCCC1. The zero-order valence-corrected chi connectivity index (χ0v) is 16.6. The Morgan fingerprint density at radius 2 is 1.77 bits per heavy atom. The summed E-state index contributed by atoms with van der Waals surface area (Å²) in [5, 5.41) is 2.81. The van der Waals surface area contributed by atoms with Crippen LogP contribution < -0.4 is 10.1 Å². The standard InChI is InChI=1S/C18H29N3O4S/c1-20(2)26(23,24)15-9-10-17(25-3)16(13-15)19-18(22)14-21-11-7-5-4-6-8-12-21/h9-10,13H,4-8,11-12,14H2,1-3H3,(H,19,22). The van der Waals surface area contributed by atoms with Crippen LogP contribution in [0.2, 0.25) is 0 Å². The van der Waals surface area contributed by atoms with E-state index in [0.29, 0.717) is 18.0 Å². The maximum absolute atomic E-state index is 12.5. The van der Waals surface area contributed by atoms with Crippen LogP contribution in [-0.4, -0.2) is 64.4 Å². The Labute approximate surface area is 156 Å². The number of benzene rings is 1. The van der Waals surface area contributed by atoms with E-state index in [-0.39, 0.29) is 10.8 Å². The monoisotopic (exact) mass is 383 g/mol. The summed E-state index contributed by atoms with van der Waals surface area (Å²) in [7, 11) is 0.853. The maximum Gasteiger partial charge on any atom is 0.242 e. The van der Waals surface area contributed by atoms with Gasteiger partial charge in [0.15, 0.2) is 0 Å². The number of hydrogen-bond donors (Lipinski definition) is 1. The highest BCUT2D eigenvalue weighted by atomic mass is 32.2. The second kappa shape index (κ2) is 9.34. The molecule has 1 aliphatic heterocycles. The molecule has 1 saturated heterocycles. The summed E-state index contributed by atoms with van der Waals surface area (Å²) in [6.45, 7) is 2.13. The van der Waals surface area contributed by atoms with Crippen LogP contribution in [0.25, 0.3) is 0 Å². The highest BCUT2D eigenvalue weighted by Gasteiger charge is 2.20. The van der Waals surface area contributed by atoms with Crippen molar-refractivity contribution in [2.24, 2.45) is 0 Å². The lowest BCUT2D eigenvalue weighted by atomic mass is 10.1. The van der Waals surface area contributed by atoms with Gasteiger partial charge in [0, 0.05) is 14.1 Å². The molecule has 146 valence electrons. The highest BCUT2D eigenvalue weighted by molar-refractivity contribution is 7.89. The van der Waals surface area contributed by atoms with Crippen molar-refractivity contribution in [2.45, 2.75) is 37.0 Å². The third-order valence-corrected chi connectivity index (χ3v) is 6.35. The average molecular weight is 384 g/mol. The number of rotatable bonds is 6. The molecule has 0 saturated carbocycles. The molecule has 1 amide bonds. The Balaban J connectivity index is 2.12. The topological polar surface area (TPSA) is 79.0 Å². The first kappa shape index (κ1) is 20.7. The lowest BCUT2D eigenvalue weighted by molar-refractivity contribution is -0.117. The van der Waals surface area contributed by atoms with Gasteiger partial charge in [-0.2, -0.15) is 0 Å². The van der Waals surface area contributed by atoms with Crippen molar-refractivity contribution in [1.82, 2.24) is 9.21 Å². The van der Waals surface area contributed by atoms with Crippen LogP contribution in [0.5, 0.6) is 5.75 Å². The number of nitrogens with zero attached hydrogens (tertiary/aromatic N) is 2. The summed E-state index contributed by atoms with van der Waals surface area (Å²) in [5.41, 5.74) is 0.368. The third kappa shape index (κ3) is 5.43. The van der Waals surface area contributed by atoms with E-state index in [2.05, 4.69) is 10.2 Å². The van der Waals surface area contributed by atoms with Gasteiger partial charge in [-0.25, -0.2) is 12.7 Å². The van der Waals surface area contributed by atoms with Gasteiger partial charge in [-0.1, -0.05) is 19.3 Å². The number of ether oxygens (including phenoxy) is 1. The molecule has 7 nitrogen and oxygen atoms in total. The summed E-state index contributed by atoms with van der Waals surface area (Å²) in [4.78, 5) is 14.7. The van der Waals surface area contributed by atoms with Crippen molar-refractivity contribution in [3.63, 3.8) is 0 Å². The average Bonchev–Trinajstić information content (AvgIpc) is 2.57. The summed E-state index contributed by atoms with van der Waals surface area (Å²) >= 11 is 0. The number of methoxy groups -OCH3 is 1. The van der Waals surface area contributed by atoms with Crippen LogP contribution in [0, 0.1) is 0 Å². The number of nitrogens with one attached hydrogen (secondary N) is 1. The van der Waals surface area contributed by atoms with E-state index in [4.69, 9.17) is 4.74 Å². The highest BCUT2D eigenvalue weighted by Crippen LogP contribution is 2.28. The third-order valence-electron chi connectivity index (χ3n) is 4.54. The molecular weight excluding hydrogens is 354 g/mol. The summed E-state index contributed by atoms with van der Waals surface area (Å²) in [5.74, 6) is 0.270. The van der Waals surface area contributed by atoms with Crippen LogP contribution in [-0.2, 0) is 14.8 Å². The first-order valence-corrected chi connectivity index (χ1v) is 10.4. The van der Waals surface area contributed by atoms with Crippen LogP contribution in [0.1, 0.15) is 32.1 Å². The van der Waals surface area contributed by atoms with Crippen LogP contribution in [0.3, 0.4) is 0 Å². The number of amides is 1. The van der Waals surface area contributed by atoms with Gasteiger partial charge in [-0.05, 0) is 44.1 Å². The van der Waals surface area contributed by atoms with E-state index in [0.717, 1.165) is 30.2 Å². The lowest BCUT2D eigenvalue weighted by Crippen LogP contribution is -2.35.